The molecule has 1 amide bonds. The van der Waals surface area contributed by atoms with Crippen LogP contribution in [0.15, 0.2) is 18.2 Å². The molecule has 0 radical (unpaired) electrons. The fourth-order valence-corrected chi connectivity index (χ4v) is 2.62. The number of halogens is 1. The first-order valence-corrected chi connectivity index (χ1v) is 7.72. The second-order valence-corrected chi connectivity index (χ2v) is 6.12. The molecular weight excluding hydrogens is 369 g/mol. The van der Waals surface area contributed by atoms with Crippen molar-refractivity contribution in [2.75, 3.05) is 6.54 Å². The number of carbonyl (C=O) groups excluding carboxylic acids is 1. The van der Waals surface area contributed by atoms with E-state index in [4.69, 9.17) is 0 Å². The van der Waals surface area contributed by atoms with Crippen LogP contribution in [0.4, 0.5) is 0 Å². The molecule has 0 spiro atoms. The molecule has 0 atom stereocenters. The first kappa shape index (κ1) is 16.9. The van der Waals surface area contributed by atoms with E-state index in [0.29, 0.717) is 18.4 Å². The Labute approximate surface area is 133 Å². The highest BCUT2D eigenvalue weighted by atomic mass is 127. The number of amides is 1. The Morgan fingerprint density at radius 3 is 2.40 bits per heavy atom. The van der Waals surface area contributed by atoms with Crippen LogP contribution in [0.25, 0.3) is 0 Å². The molecule has 0 heterocycles. The number of hydrogen-bond acceptors (Lipinski definition) is 2. The molecular formula is C15H20INO3. The molecule has 0 fully saturated rings. The Balaban J connectivity index is 2.86. The number of aryl methyl sites for hydroxylation is 1. The van der Waals surface area contributed by atoms with Gasteiger partial charge in [-0.2, -0.15) is 0 Å². The van der Waals surface area contributed by atoms with E-state index < -0.39 is 11.4 Å². The van der Waals surface area contributed by atoms with E-state index >= 15 is 0 Å². The van der Waals surface area contributed by atoms with Crippen LogP contribution >= 0.6 is 22.6 Å². The Kier molecular flexibility index (Phi) is 5.98. The van der Waals surface area contributed by atoms with E-state index in [1.165, 1.54) is 0 Å². The van der Waals surface area contributed by atoms with Crippen molar-refractivity contribution in [2.24, 2.45) is 5.41 Å². The predicted molar refractivity (Wildman–Crippen MR) is 86.9 cm³/mol. The van der Waals surface area contributed by atoms with Gasteiger partial charge in [0.1, 0.15) is 0 Å². The number of hydrogen-bond donors (Lipinski definition) is 2. The van der Waals surface area contributed by atoms with Crippen LogP contribution in [0.5, 0.6) is 0 Å². The minimum absolute atomic E-state index is 0.151. The van der Waals surface area contributed by atoms with E-state index in [-0.39, 0.29) is 12.5 Å². The van der Waals surface area contributed by atoms with Crippen LogP contribution < -0.4 is 5.32 Å². The number of carboxylic acids is 1. The molecule has 1 aromatic carbocycles. The predicted octanol–water partition coefficient (Wildman–Crippen LogP) is 3.22. The van der Waals surface area contributed by atoms with Crippen LogP contribution in [0.2, 0.25) is 0 Å². The summed E-state index contributed by atoms with van der Waals surface area (Å²) in [4.78, 5) is 23.6. The van der Waals surface area contributed by atoms with E-state index in [9.17, 15) is 14.7 Å². The molecule has 4 nitrogen and oxygen atoms in total. The maximum atomic E-state index is 12.2. The normalized spacial score (nSPS) is 11.2. The maximum absolute atomic E-state index is 12.2. The highest BCUT2D eigenvalue weighted by molar-refractivity contribution is 14.1. The molecule has 2 N–H and O–H groups in total. The van der Waals surface area contributed by atoms with Crippen molar-refractivity contribution < 1.29 is 14.7 Å². The monoisotopic (exact) mass is 389 g/mol. The van der Waals surface area contributed by atoms with Gasteiger partial charge in [0, 0.05) is 10.1 Å². The zero-order chi connectivity index (χ0) is 15.3. The molecule has 0 aliphatic rings. The third kappa shape index (κ3) is 3.71. The molecule has 0 saturated heterocycles. The molecule has 20 heavy (non-hydrogen) atoms. The highest BCUT2D eigenvalue weighted by Gasteiger charge is 2.35. The van der Waals surface area contributed by atoms with Gasteiger partial charge in [-0.05, 0) is 54.5 Å². The lowest BCUT2D eigenvalue weighted by Crippen LogP contribution is -2.42. The number of carbonyl (C=O) groups is 2. The summed E-state index contributed by atoms with van der Waals surface area (Å²) in [5.41, 5.74) is 0.716. The first-order valence-electron chi connectivity index (χ1n) is 6.64. The molecule has 0 saturated carbocycles. The molecule has 110 valence electrons. The topological polar surface area (TPSA) is 66.4 Å². The largest absolute Gasteiger partial charge is 0.481 e. The number of rotatable bonds is 6. The average molecular weight is 389 g/mol. The zero-order valence-corrected chi connectivity index (χ0v) is 14.2. The van der Waals surface area contributed by atoms with Crippen molar-refractivity contribution in [2.45, 2.75) is 33.6 Å². The Morgan fingerprint density at radius 1 is 1.30 bits per heavy atom. The van der Waals surface area contributed by atoms with Crippen LogP contribution in [0, 0.1) is 15.9 Å². The van der Waals surface area contributed by atoms with Crippen molar-refractivity contribution in [1.29, 1.82) is 0 Å². The average Bonchev–Trinajstić information content (AvgIpc) is 2.42. The fourth-order valence-electron chi connectivity index (χ4n) is 2.04. The molecule has 0 aromatic heterocycles. The summed E-state index contributed by atoms with van der Waals surface area (Å²) >= 11 is 2.11. The SMILES string of the molecule is CCC(CC)(CNC(=O)c1cc(C)ccc1I)C(=O)O. The first-order chi connectivity index (χ1) is 9.36. The number of carboxylic acid groups (broad SMARTS) is 1. The van der Waals surface area contributed by atoms with Crippen molar-refractivity contribution in [3.05, 3.63) is 32.9 Å². The van der Waals surface area contributed by atoms with Gasteiger partial charge in [0.05, 0.1) is 11.0 Å². The summed E-state index contributed by atoms with van der Waals surface area (Å²) in [7, 11) is 0. The molecule has 0 aliphatic heterocycles. The van der Waals surface area contributed by atoms with Crippen LogP contribution in [0.1, 0.15) is 42.6 Å². The molecule has 1 aromatic rings. The Morgan fingerprint density at radius 2 is 1.90 bits per heavy atom. The quantitative estimate of drug-likeness (QED) is 0.735. The van der Waals surface area contributed by atoms with Gasteiger partial charge in [-0.15, -0.1) is 0 Å². The summed E-state index contributed by atoms with van der Waals surface area (Å²) < 4.78 is 0.861. The van der Waals surface area contributed by atoms with Crippen LogP contribution in [0.3, 0.4) is 0 Å². The van der Waals surface area contributed by atoms with Gasteiger partial charge < -0.3 is 10.4 Å². The summed E-state index contributed by atoms with van der Waals surface area (Å²) in [5, 5.41) is 12.1. The van der Waals surface area contributed by atoms with Gasteiger partial charge >= 0.3 is 5.97 Å². The third-order valence-electron chi connectivity index (χ3n) is 3.76. The molecule has 5 heteroatoms. The van der Waals surface area contributed by atoms with Crippen molar-refractivity contribution in [3.63, 3.8) is 0 Å². The van der Waals surface area contributed by atoms with E-state index in [0.717, 1.165) is 9.13 Å². The van der Waals surface area contributed by atoms with Crippen molar-refractivity contribution in [3.8, 4) is 0 Å². The lowest BCUT2D eigenvalue weighted by molar-refractivity contribution is -0.149. The molecule has 0 unspecified atom stereocenters. The number of aliphatic carboxylic acids is 1. The van der Waals surface area contributed by atoms with Gasteiger partial charge in [0.15, 0.2) is 0 Å². The van der Waals surface area contributed by atoms with Crippen molar-refractivity contribution >= 4 is 34.5 Å². The zero-order valence-electron chi connectivity index (χ0n) is 12.0. The third-order valence-corrected chi connectivity index (χ3v) is 4.70. The van der Waals surface area contributed by atoms with E-state index in [1.54, 1.807) is 0 Å². The lowest BCUT2D eigenvalue weighted by Gasteiger charge is -2.26. The smallest absolute Gasteiger partial charge is 0.311 e. The molecule has 0 bridgehead atoms. The second-order valence-electron chi connectivity index (χ2n) is 4.96. The Hall–Kier alpha value is -1.11. The van der Waals surface area contributed by atoms with E-state index in [2.05, 4.69) is 27.9 Å². The number of benzene rings is 1. The molecule has 1 rings (SSSR count). The van der Waals surface area contributed by atoms with Crippen LogP contribution in [-0.4, -0.2) is 23.5 Å². The summed E-state index contributed by atoms with van der Waals surface area (Å²) in [5.74, 6) is -1.08. The maximum Gasteiger partial charge on any atom is 0.311 e. The van der Waals surface area contributed by atoms with E-state index in [1.807, 2.05) is 39.0 Å². The summed E-state index contributed by atoms with van der Waals surface area (Å²) in [6.45, 7) is 5.74. The van der Waals surface area contributed by atoms with Gasteiger partial charge in [0.2, 0.25) is 0 Å². The standard InChI is InChI=1S/C15H20INO3/c1-4-15(5-2,14(19)20)9-17-13(18)11-8-10(3)6-7-12(11)16/h6-8H,4-5,9H2,1-3H3,(H,17,18)(H,19,20). The number of nitrogens with one attached hydrogen (secondary N) is 1. The summed E-state index contributed by atoms with van der Waals surface area (Å²) in [6, 6.07) is 5.64. The Bertz CT molecular complexity index is 510. The van der Waals surface area contributed by atoms with Crippen LogP contribution in [-0.2, 0) is 4.79 Å². The van der Waals surface area contributed by atoms with Gasteiger partial charge in [-0.1, -0.05) is 25.5 Å². The summed E-state index contributed by atoms with van der Waals surface area (Å²) in [6.07, 6.45) is 0.980. The molecule has 0 aliphatic carbocycles. The fraction of sp³-hybridized carbons (Fsp3) is 0.467. The minimum atomic E-state index is -0.884. The van der Waals surface area contributed by atoms with Crippen molar-refractivity contribution in [1.82, 2.24) is 5.32 Å². The highest BCUT2D eigenvalue weighted by Crippen LogP contribution is 2.26. The van der Waals surface area contributed by atoms with Gasteiger partial charge in [-0.3, -0.25) is 9.59 Å². The van der Waals surface area contributed by atoms with Gasteiger partial charge in [0.25, 0.3) is 5.91 Å². The second kappa shape index (κ2) is 7.06. The lowest BCUT2D eigenvalue weighted by atomic mass is 9.82. The van der Waals surface area contributed by atoms with Gasteiger partial charge in [-0.25, -0.2) is 0 Å². The minimum Gasteiger partial charge on any atom is -0.481 e.